The van der Waals surface area contributed by atoms with Crippen LogP contribution in [0.5, 0.6) is 5.75 Å². The van der Waals surface area contributed by atoms with Crippen molar-refractivity contribution in [2.45, 2.75) is 0 Å². The van der Waals surface area contributed by atoms with Crippen LogP contribution in [0.25, 0.3) is 0 Å². The Labute approximate surface area is 141 Å². The molecule has 118 valence electrons. The van der Waals surface area contributed by atoms with Crippen LogP contribution in [-0.2, 0) is 0 Å². The lowest BCUT2D eigenvalue weighted by Gasteiger charge is -2.14. The summed E-state index contributed by atoms with van der Waals surface area (Å²) in [6.45, 7) is -0.0240. The van der Waals surface area contributed by atoms with Crippen molar-refractivity contribution in [3.63, 3.8) is 0 Å². The number of amides is 2. The number of halogens is 3. The molecule has 3 rings (SSSR count). The number of imide groups is 1. The molecule has 4 nitrogen and oxygen atoms in total. The van der Waals surface area contributed by atoms with Gasteiger partial charge in [-0.3, -0.25) is 14.5 Å². The number of carbonyl (C=O) groups is 2. The van der Waals surface area contributed by atoms with Gasteiger partial charge < -0.3 is 4.74 Å². The quantitative estimate of drug-likeness (QED) is 0.785. The van der Waals surface area contributed by atoms with Crippen molar-refractivity contribution in [3.05, 3.63) is 63.4 Å². The standard InChI is InChI=1S/C16H10Cl2FNO3/c17-11-7-9-10(8-12(11)18)16(22)20(15(9)21)5-6-23-14-4-2-1-3-13(14)19/h1-4,7-8H,5-6H2. The van der Waals surface area contributed by atoms with E-state index in [1.807, 2.05) is 0 Å². The molecule has 23 heavy (non-hydrogen) atoms. The predicted molar refractivity (Wildman–Crippen MR) is 83.7 cm³/mol. The van der Waals surface area contributed by atoms with E-state index in [4.69, 9.17) is 27.9 Å². The first-order valence-corrected chi connectivity index (χ1v) is 7.47. The van der Waals surface area contributed by atoms with Gasteiger partial charge in [-0.2, -0.15) is 0 Å². The molecular weight excluding hydrogens is 344 g/mol. The zero-order chi connectivity index (χ0) is 16.6. The Morgan fingerprint density at radius 1 is 1.00 bits per heavy atom. The molecule has 2 aromatic carbocycles. The van der Waals surface area contributed by atoms with Crippen LogP contribution in [0.4, 0.5) is 4.39 Å². The first-order valence-electron chi connectivity index (χ1n) is 6.71. The van der Waals surface area contributed by atoms with Gasteiger partial charge in [0.2, 0.25) is 0 Å². The highest BCUT2D eigenvalue weighted by molar-refractivity contribution is 6.43. The molecule has 0 saturated carbocycles. The number of ether oxygens (including phenoxy) is 1. The summed E-state index contributed by atoms with van der Waals surface area (Å²) in [5.41, 5.74) is 0.408. The number of hydrogen-bond donors (Lipinski definition) is 0. The smallest absolute Gasteiger partial charge is 0.261 e. The van der Waals surface area contributed by atoms with Crippen LogP contribution in [0.3, 0.4) is 0 Å². The lowest BCUT2D eigenvalue weighted by Crippen LogP contribution is -2.33. The van der Waals surface area contributed by atoms with Gasteiger partial charge in [-0.1, -0.05) is 35.3 Å². The fourth-order valence-electron chi connectivity index (χ4n) is 2.30. The third-order valence-corrected chi connectivity index (χ3v) is 4.14. The molecule has 0 N–H and O–H groups in total. The normalized spacial score (nSPS) is 13.4. The molecule has 1 aliphatic rings. The lowest BCUT2D eigenvalue weighted by atomic mass is 10.1. The van der Waals surface area contributed by atoms with E-state index < -0.39 is 17.6 Å². The maximum absolute atomic E-state index is 13.4. The number of para-hydroxylation sites is 1. The van der Waals surface area contributed by atoms with Gasteiger partial charge in [0.1, 0.15) is 6.61 Å². The minimum atomic E-state index is -0.506. The molecule has 0 aliphatic carbocycles. The number of benzene rings is 2. The average Bonchev–Trinajstić information content (AvgIpc) is 2.74. The second kappa shape index (κ2) is 6.18. The summed E-state index contributed by atoms with van der Waals surface area (Å²) in [5, 5.41) is 0.409. The SMILES string of the molecule is O=C1c2cc(Cl)c(Cl)cc2C(=O)N1CCOc1ccccc1F. The van der Waals surface area contributed by atoms with Gasteiger partial charge in [-0.25, -0.2) is 4.39 Å². The molecule has 2 amide bonds. The van der Waals surface area contributed by atoms with Gasteiger partial charge in [0, 0.05) is 0 Å². The minimum absolute atomic E-state index is 0.00405. The van der Waals surface area contributed by atoms with Gasteiger partial charge >= 0.3 is 0 Å². The minimum Gasteiger partial charge on any atom is -0.489 e. The van der Waals surface area contributed by atoms with E-state index >= 15 is 0 Å². The van der Waals surface area contributed by atoms with Crippen LogP contribution in [0.15, 0.2) is 36.4 Å². The molecule has 0 saturated heterocycles. The molecule has 0 radical (unpaired) electrons. The molecular formula is C16H10Cl2FNO3. The van der Waals surface area contributed by atoms with E-state index in [0.717, 1.165) is 4.90 Å². The Kier molecular flexibility index (Phi) is 4.24. The van der Waals surface area contributed by atoms with Crippen LogP contribution in [0.1, 0.15) is 20.7 Å². The maximum atomic E-state index is 13.4. The molecule has 0 bridgehead atoms. The molecule has 0 aromatic heterocycles. The van der Waals surface area contributed by atoms with Crippen molar-refractivity contribution in [1.29, 1.82) is 0 Å². The summed E-state index contributed by atoms with van der Waals surface area (Å²) in [6, 6.07) is 8.65. The van der Waals surface area contributed by atoms with Crippen LogP contribution in [0.2, 0.25) is 10.0 Å². The van der Waals surface area contributed by atoms with Gasteiger partial charge in [-0.05, 0) is 24.3 Å². The van der Waals surface area contributed by atoms with Crippen LogP contribution < -0.4 is 4.74 Å². The first-order chi connectivity index (χ1) is 11.0. The fourth-order valence-corrected chi connectivity index (χ4v) is 2.62. The summed E-state index contributed by atoms with van der Waals surface area (Å²) >= 11 is 11.7. The monoisotopic (exact) mass is 353 g/mol. The molecule has 1 aliphatic heterocycles. The third kappa shape index (κ3) is 2.90. The molecule has 0 unspecified atom stereocenters. The highest BCUT2D eigenvalue weighted by Gasteiger charge is 2.36. The zero-order valence-electron chi connectivity index (χ0n) is 11.7. The zero-order valence-corrected chi connectivity index (χ0v) is 13.2. The Morgan fingerprint density at radius 3 is 2.13 bits per heavy atom. The van der Waals surface area contributed by atoms with Crippen molar-refractivity contribution in [2.24, 2.45) is 0 Å². The second-order valence-electron chi connectivity index (χ2n) is 4.85. The maximum Gasteiger partial charge on any atom is 0.261 e. The van der Waals surface area contributed by atoms with E-state index in [0.29, 0.717) is 0 Å². The molecule has 7 heteroatoms. The number of carbonyl (C=O) groups excluding carboxylic acids is 2. The third-order valence-electron chi connectivity index (χ3n) is 3.42. The average molecular weight is 354 g/mol. The number of hydrogen-bond acceptors (Lipinski definition) is 3. The summed E-state index contributed by atoms with van der Waals surface area (Å²) < 4.78 is 18.7. The highest BCUT2D eigenvalue weighted by atomic mass is 35.5. The fraction of sp³-hybridized carbons (Fsp3) is 0.125. The topological polar surface area (TPSA) is 46.6 Å². The Balaban J connectivity index is 1.72. The molecule has 0 spiro atoms. The van der Waals surface area contributed by atoms with E-state index in [2.05, 4.69) is 0 Å². The van der Waals surface area contributed by atoms with Crippen LogP contribution in [-0.4, -0.2) is 29.9 Å². The van der Waals surface area contributed by atoms with Crippen molar-refractivity contribution in [1.82, 2.24) is 4.90 Å². The molecule has 2 aromatic rings. The Morgan fingerprint density at radius 2 is 1.57 bits per heavy atom. The first kappa shape index (κ1) is 15.8. The number of rotatable bonds is 4. The molecule has 0 fully saturated rings. The molecule has 1 heterocycles. The van der Waals surface area contributed by atoms with Crippen LogP contribution in [0, 0.1) is 5.82 Å². The van der Waals surface area contributed by atoms with E-state index in [9.17, 15) is 14.0 Å². The number of nitrogens with zero attached hydrogens (tertiary/aromatic N) is 1. The van der Waals surface area contributed by atoms with Gasteiger partial charge in [-0.15, -0.1) is 0 Å². The van der Waals surface area contributed by atoms with E-state index in [-0.39, 0.29) is 40.1 Å². The van der Waals surface area contributed by atoms with E-state index in [1.54, 1.807) is 12.1 Å². The van der Waals surface area contributed by atoms with Crippen molar-refractivity contribution in [3.8, 4) is 5.75 Å². The largest absolute Gasteiger partial charge is 0.489 e. The van der Waals surface area contributed by atoms with Crippen LogP contribution >= 0.6 is 23.2 Å². The predicted octanol–water partition coefficient (Wildman–Crippen LogP) is 3.81. The summed E-state index contributed by atoms with van der Waals surface area (Å²) in [5.74, 6) is -1.38. The highest BCUT2D eigenvalue weighted by Crippen LogP contribution is 2.31. The van der Waals surface area contributed by atoms with Gasteiger partial charge in [0.05, 0.1) is 27.7 Å². The molecule has 0 atom stereocenters. The van der Waals surface area contributed by atoms with Gasteiger partial charge in [0.25, 0.3) is 11.8 Å². The summed E-state index contributed by atoms with van der Waals surface area (Å²) in [4.78, 5) is 25.5. The van der Waals surface area contributed by atoms with Gasteiger partial charge in [0.15, 0.2) is 11.6 Å². The summed E-state index contributed by atoms with van der Waals surface area (Å²) in [6.07, 6.45) is 0. The van der Waals surface area contributed by atoms with Crippen molar-refractivity contribution >= 4 is 35.0 Å². The Hall–Kier alpha value is -2.11. The Bertz CT molecular complexity index is 769. The number of fused-ring (bicyclic) bond motifs is 1. The second-order valence-corrected chi connectivity index (χ2v) is 5.67. The van der Waals surface area contributed by atoms with Crippen molar-refractivity contribution < 1.29 is 18.7 Å². The van der Waals surface area contributed by atoms with E-state index in [1.165, 1.54) is 24.3 Å². The van der Waals surface area contributed by atoms with Crippen molar-refractivity contribution in [2.75, 3.05) is 13.2 Å². The summed E-state index contributed by atoms with van der Waals surface area (Å²) in [7, 11) is 0. The lowest BCUT2D eigenvalue weighted by molar-refractivity contribution is 0.0630.